The molecule has 170 valence electrons. The number of nitrogens with one attached hydrogen (secondary N) is 1. The van der Waals surface area contributed by atoms with E-state index in [4.69, 9.17) is 21.1 Å². The maximum absolute atomic E-state index is 13.2. The average molecular weight is 472 g/mol. The lowest BCUT2D eigenvalue weighted by molar-refractivity contribution is 0.0602. The fraction of sp³-hybridized carbons (Fsp3) is 0.148. The number of benzene rings is 3. The van der Waals surface area contributed by atoms with Crippen LogP contribution in [0.5, 0.6) is 5.75 Å². The maximum atomic E-state index is 13.2. The Morgan fingerprint density at radius 2 is 1.71 bits per heavy atom. The van der Waals surface area contributed by atoms with Crippen molar-refractivity contribution in [2.75, 3.05) is 19.0 Å². The smallest absolute Gasteiger partial charge is 0.342 e. The molecule has 1 aliphatic rings. The first-order valence-corrected chi connectivity index (χ1v) is 11.3. The third-order valence-corrected chi connectivity index (χ3v) is 6.03. The van der Waals surface area contributed by atoms with E-state index in [1.165, 1.54) is 7.11 Å². The summed E-state index contributed by atoms with van der Waals surface area (Å²) in [6.45, 7) is 0.529. The molecular weight excluding hydrogens is 450 g/mol. The van der Waals surface area contributed by atoms with Crippen LogP contribution in [0.4, 0.5) is 5.82 Å². The molecule has 6 nitrogen and oxygen atoms in total. The molecule has 1 aromatic heterocycles. The van der Waals surface area contributed by atoms with Crippen molar-refractivity contribution < 1.29 is 14.3 Å². The number of carbonyl (C=O) groups excluding carboxylic acids is 1. The summed E-state index contributed by atoms with van der Waals surface area (Å²) in [5.74, 6) is 0.611. The van der Waals surface area contributed by atoms with E-state index in [2.05, 4.69) is 15.5 Å². The fourth-order valence-electron chi connectivity index (χ4n) is 4.20. The van der Waals surface area contributed by atoms with Crippen LogP contribution in [-0.2, 0) is 4.74 Å². The van der Waals surface area contributed by atoms with Gasteiger partial charge in [-0.05, 0) is 23.8 Å². The lowest BCUT2D eigenvalue weighted by Crippen LogP contribution is -2.23. The summed E-state index contributed by atoms with van der Waals surface area (Å²) in [4.78, 5) is 13.2. The molecule has 7 heteroatoms. The van der Waals surface area contributed by atoms with Gasteiger partial charge in [0.2, 0.25) is 0 Å². The number of hydrogen-bond donors (Lipinski definition) is 1. The van der Waals surface area contributed by atoms with Gasteiger partial charge in [0.05, 0.1) is 19.8 Å². The lowest BCUT2D eigenvalue weighted by atomic mass is 9.94. The summed E-state index contributed by atoms with van der Waals surface area (Å²) >= 11 is 6.26. The van der Waals surface area contributed by atoms with E-state index >= 15 is 0 Å². The Bertz CT molecular complexity index is 1330. The number of fused-ring (bicyclic) bond motifs is 1. The van der Waals surface area contributed by atoms with Crippen molar-refractivity contribution in [2.45, 2.75) is 12.5 Å². The Morgan fingerprint density at radius 3 is 2.41 bits per heavy atom. The minimum Gasteiger partial charge on any atom is -0.493 e. The highest BCUT2D eigenvalue weighted by atomic mass is 35.5. The third-order valence-electron chi connectivity index (χ3n) is 5.80. The number of halogens is 1. The van der Waals surface area contributed by atoms with E-state index in [1.807, 2.05) is 72.8 Å². The molecule has 1 atom stereocenters. The van der Waals surface area contributed by atoms with Crippen molar-refractivity contribution in [3.8, 4) is 28.1 Å². The first-order valence-electron chi connectivity index (χ1n) is 10.9. The van der Waals surface area contributed by atoms with Crippen LogP contribution in [-0.4, -0.2) is 29.9 Å². The molecule has 1 aliphatic heterocycles. The molecule has 2 heterocycles. The molecule has 0 aliphatic carbocycles. The van der Waals surface area contributed by atoms with Crippen LogP contribution in [0, 0.1) is 0 Å². The number of hydrogen-bond acceptors (Lipinski definition) is 6. The zero-order valence-electron chi connectivity index (χ0n) is 18.5. The van der Waals surface area contributed by atoms with Gasteiger partial charge in [-0.3, -0.25) is 0 Å². The Kier molecular flexibility index (Phi) is 6.14. The van der Waals surface area contributed by atoms with Crippen molar-refractivity contribution in [3.05, 3.63) is 95.0 Å². The van der Waals surface area contributed by atoms with Gasteiger partial charge in [0.1, 0.15) is 17.0 Å². The van der Waals surface area contributed by atoms with Gasteiger partial charge >= 0.3 is 5.97 Å². The topological polar surface area (TPSA) is 73.3 Å². The van der Waals surface area contributed by atoms with Crippen LogP contribution in [0.1, 0.15) is 28.4 Å². The zero-order chi connectivity index (χ0) is 23.5. The van der Waals surface area contributed by atoms with Gasteiger partial charge in [-0.2, -0.15) is 0 Å². The van der Waals surface area contributed by atoms with E-state index < -0.39 is 5.97 Å². The predicted octanol–water partition coefficient (Wildman–Crippen LogP) is 6.19. The molecule has 1 unspecified atom stereocenters. The van der Waals surface area contributed by atoms with Crippen LogP contribution in [0.15, 0.2) is 78.9 Å². The van der Waals surface area contributed by atoms with Crippen molar-refractivity contribution in [3.63, 3.8) is 0 Å². The maximum Gasteiger partial charge on any atom is 0.342 e. The molecule has 0 fully saturated rings. The molecular formula is C27H22ClN3O3. The quantitative estimate of drug-likeness (QED) is 0.350. The highest BCUT2D eigenvalue weighted by Gasteiger charge is 2.29. The minimum absolute atomic E-state index is 0.161. The van der Waals surface area contributed by atoms with E-state index in [-0.39, 0.29) is 6.04 Å². The zero-order valence-corrected chi connectivity index (χ0v) is 19.3. The second-order valence-corrected chi connectivity index (χ2v) is 8.32. The Morgan fingerprint density at radius 1 is 1.00 bits per heavy atom. The largest absolute Gasteiger partial charge is 0.493 e. The number of aromatic nitrogens is 2. The molecule has 5 rings (SSSR count). The molecule has 4 aromatic rings. The second kappa shape index (κ2) is 9.53. The summed E-state index contributed by atoms with van der Waals surface area (Å²) in [7, 11) is 1.37. The molecule has 3 aromatic carbocycles. The third kappa shape index (κ3) is 4.20. The molecule has 0 bridgehead atoms. The number of rotatable bonds is 5. The lowest BCUT2D eigenvalue weighted by Gasteiger charge is -2.28. The summed E-state index contributed by atoms with van der Waals surface area (Å²) in [6, 6.07) is 24.7. The van der Waals surface area contributed by atoms with E-state index in [0.29, 0.717) is 40.7 Å². The van der Waals surface area contributed by atoms with Crippen LogP contribution in [0.25, 0.3) is 22.4 Å². The van der Waals surface area contributed by atoms with Crippen LogP contribution < -0.4 is 10.1 Å². The SMILES string of the molecule is COC(=O)c1c(NC2CCOc3ccc(Cl)cc32)nnc(-c2ccccc2)c1-c1ccccc1. The Balaban J connectivity index is 1.69. The predicted molar refractivity (Wildman–Crippen MR) is 132 cm³/mol. The first kappa shape index (κ1) is 21.9. The van der Waals surface area contributed by atoms with E-state index in [1.54, 1.807) is 6.07 Å². The second-order valence-electron chi connectivity index (χ2n) is 7.89. The number of anilines is 1. The van der Waals surface area contributed by atoms with E-state index in [0.717, 1.165) is 22.4 Å². The van der Waals surface area contributed by atoms with Gasteiger partial charge in [-0.15, -0.1) is 10.2 Å². The molecule has 0 saturated carbocycles. The average Bonchev–Trinajstić information content (AvgIpc) is 2.89. The Labute approximate surface area is 202 Å². The highest BCUT2D eigenvalue weighted by molar-refractivity contribution is 6.30. The fourth-order valence-corrected chi connectivity index (χ4v) is 4.38. The first-order chi connectivity index (χ1) is 16.7. The molecule has 0 radical (unpaired) electrons. The monoisotopic (exact) mass is 471 g/mol. The van der Waals surface area contributed by atoms with Gasteiger partial charge in [0.25, 0.3) is 0 Å². The summed E-state index contributed by atoms with van der Waals surface area (Å²) in [5.41, 5.74) is 4.20. The van der Waals surface area contributed by atoms with Gasteiger partial charge in [0.15, 0.2) is 5.82 Å². The van der Waals surface area contributed by atoms with Crippen molar-refractivity contribution in [1.29, 1.82) is 0 Å². The van der Waals surface area contributed by atoms with Crippen LogP contribution in [0.2, 0.25) is 5.02 Å². The molecule has 0 spiro atoms. The number of esters is 1. The van der Waals surface area contributed by atoms with E-state index in [9.17, 15) is 4.79 Å². The van der Waals surface area contributed by atoms with Crippen molar-refractivity contribution in [2.24, 2.45) is 0 Å². The van der Waals surface area contributed by atoms with Gasteiger partial charge in [-0.25, -0.2) is 4.79 Å². The van der Waals surface area contributed by atoms with Crippen LogP contribution >= 0.6 is 11.6 Å². The summed E-state index contributed by atoms with van der Waals surface area (Å²) in [6.07, 6.45) is 0.677. The van der Waals surface area contributed by atoms with Crippen molar-refractivity contribution in [1.82, 2.24) is 10.2 Å². The summed E-state index contributed by atoms with van der Waals surface area (Å²) < 4.78 is 11.0. The standard InChI is InChI=1S/C27H22ClN3O3/c1-33-27(32)24-23(17-8-4-2-5-9-17)25(18-10-6-3-7-11-18)30-31-26(24)29-21-14-15-34-22-13-12-19(28)16-20(21)22/h2-13,16,21H,14-15H2,1H3,(H,29,31). The van der Waals surface area contributed by atoms with Gasteiger partial charge in [0, 0.05) is 28.1 Å². The van der Waals surface area contributed by atoms with Crippen molar-refractivity contribution >= 4 is 23.4 Å². The molecule has 1 N–H and O–H groups in total. The number of ether oxygens (including phenoxy) is 2. The summed E-state index contributed by atoms with van der Waals surface area (Å²) in [5, 5.41) is 13.1. The highest BCUT2D eigenvalue weighted by Crippen LogP contribution is 2.40. The number of nitrogens with zero attached hydrogens (tertiary/aromatic N) is 2. The number of carbonyl (C=O) groups is 1. The number of methoxy groups -OCH3 is 1. The van der Waals surface area contributed by atoms with Gasteiger partial charge in [-0.1, -0.05) is 72.3 Å². The van der Waals surface area contributed by atoms with Crippen LogP contribution in [0.3, 0.4) is 0 Å². The molecule has 0 amide bonds. The molecule has 34 heavy (non-hydrogen) atoms. The molecule has 0 saturated heterocycles. The minimum atomic E-state index is -0.494. The Hall–Kier alpha value is -3.90. The normalized spacial score (nSPS) is 14.6. The van der Waals surface area contributed by atoms with Gasteiger partial charge < -0.3 is 14.8 Å².